The third-order valence-electron chi connectivity index (χ3n) is 1.62. The second-order valence-corrected chi connectivity index (χ2v) is 5.97. The van der Waals surface area contributed by atoms with Crippen molar-refractivity contribution < 1.29 is 18.9 Å². The Hall–Kier alpha value is -0.0000000000000000763. The van der Waals surface area contributed by atoms with Gasteiger partial charge in [-0.1, -0.05) is 6.92 Å². The molecule has 5 nitrogen and oxygen atoms in total. The van der Waals surface area contributed by atoms with Gasteiger partial charge < -0.3 is 14.2 Å². The van der Waals surface area contributed by atoms with E-state index in [0.717, 1.165) is 0 Å². The third kappa shape index (κ3) is 5.58. The van der Waals surface area contributed by atoms with Crippen LogP contribution in [0.3, 0.4) is 0 Å². The van der Waals surface area contributed by atoms with Crippen molar-refractivity contribution in [1.82, 2.24) is 5.09 Å². The number of carboxylic acid groups (broad SMARTS) is 1. The number of nitrogens with one attached hydrogen (secondary N) is 1. The number of carboxylic acids is 1. The highest BCUT2D eigenvalue weighted by Crippen LogP contribution is 2.44. The molecule has 15 heavy (non-hydrogen) atoms. The molecular weight excluding hydrogens is 237 g/mol. The molecule has 0 heterocycles. The Labute approximate surface area is 95.4 Å². The summed E-state index contributed by atoms with van der Waals surface area (Å²) in [5.74, 6) is -0.939. The highest BCUT2D eigenvalue weighted by Gasteiger charge is 2.25. The average Bonchev–Trinajstić information content (AvgIpc) is 2.14. The molecule has 0 amide bonds. The number of hydrogen-bond donors (Lipinski definition) is 2. The summed E-state index contributed by atoms with van der Waals surface area (Å²) in [6.07, 6.45) is 0.438. The zero-order valence-electron chi connectivity index (χ0n) is 9.23. The molecule has 1 atom stereocenters. The van der Waals surface area contributed by atoms with Crippen molar-refractivity contribution in [1.29, 1.82) is 0 Å². The van der Waals surface area contributed by atoms with Gasteiger partial charge >= 0.3 is 5.97 Å². The molecule has 0 aliphatic rings. The van der Waals surface area contributed by atoms with Gasteiger partial charge in [-0.05, 0) is 32.1 Å². The highest BCUT2D eigenvalue weighted by atomic mass is 32.5. The standard InChI is InChI=1S/C8H18NO4PS/c1-4-7(8(10)11)9-14(15,12-5-2)13-6-3/h7H,4-6H2,1-3H3,(H,9,15)(H,10,11). The third-order valence-corrected chi connectivity index (χ3v) is 4.39. The van der Waals surface area contributed by atoms with Crippen LogP contribution < -0.4 is 5.09 Å². The molecule has 0 aromatic rings. The minimum Gasteiger partial charge on any atom is -0.480 e. The van der Waals surface area contributed by atoms with Crippen LogP contribution in [0.5, 0.6) is 0 Å². The Bertz CT molecular complexity index is 239. The molecule has 7 heteroatoms. The van der Waals surface area contributed by atoms with Crippen LogP contribution in [0, 0.1) is 0 Å². The van der Waals surface area contributed by atoms with Crippen molar-refractivity contribution in [2.24, 2.45) is 0 Å². The lowest BCUT2D eigenvalue weighted by Crippen LogP contribution is -2.34. The Morgan fingerprint density at radius 2 is 1.87 bits per heavy atom. The highest BCUT2D eigenvalue weighted by molar-refractivity contribution is 8.09. The maximum absolute atomic E-state index is 10.8. The van der Waals surface area contributed by atoms with Crippen molar-refractivity contribution in [3.05, 3.63) is 0 Å². The Morgan fingerprint density at radius 3 is 2.13 bits per heavy atom. The van der Waals surface area contributed by atoms with E-state index in [1.807, 2.05) is 0 Å². The lowest BCUT2D eigenvalue weighted by Gasteiger charge is -2.24. The second-order valence-electron chi connectivity index (χ2n) is 2.76. The SMILES string of the molecule is CCOP(=S)(NC(CC)C(=O)O)OCC. The molecule has 2 N–H and O–H groups in total. The molecule has 1 unspecified atom stereocenters. The van der Waals surface area contributed by atoms with E-state index < -0.39 is 18.7 Å². The monoisotopic (exact) mass is 255 g/mol. The Balaban J connectivity index is 4.50. The second kappa shape index (κ2) is 7.30. The van der Waals surface area contributed by atoms with Gasteiger partial charge in [-0.15, -0.1) is 0 Å². The molecule has 0 rings (SSSR count). The fourth-order valence-electron chi connectivity index (χ4n) is 0.964. The van der Waals surface area contributed by atoms with Crippen LogP contribution >= 0.6 is 6.64 Å². The molecular formula is C8H18NO4PS. The Morgan fingerprint density at radius 1 is 1.40 bits per heavy atom. The van der Waals surface area contributed by atoms with E-state index in [0.29, 0.717) is 19.6 Å². The van der Waals surface area contributed by atoms with Crippen molar-refractivity contribution in [3.8, 4) is 0 Å². The summed E-state index contributed by atoms with van der Waals surface area (Å²) >= 11 is 5.15. The number of hydrogen-bond acceptors (Lipinski definition) is 4. The molecule has 0 aromatic carbocycles. The van der Waals surface area contributed by atoms with Crippen molar-refractivity contribution in [3.63, 3.8) is 0 Å². The quantitative estimate of drug-likeness (QED) is 0.644. The summed E-state index contributed by atoms with van der Waals surface area (Å²) in [5, 5.41) is 11.6. The van der Waals surface area contributed by atoms with Crippen LogP contribution in [0.1, 0.15) is 27.2 Å². The zero-order chi connectivity index (χ0) is 11.9. The topological polar surface area (TPSA) is 67.8 Å². The van der Waals surface area contributed by atoms with Gasteiger partial charge in [-0.25, -0.2) is 5.09 Å². The van der Waals surface area contributed by atoms with Gasteiger partial charge in [0.05, 0.1) is 13.2 Å². The number of carbonyl (C=O) groups is 1. The predicted octanol–water partition coefficient (Wildman–Crippen LogP) is 1.74. The lowest BCUT2D eigenvalue weighted by molar-refractivity contribution is -0.139. The molecule has 90 valence electrons. The molecule has 0 saturated heterocycles. The smallest absolute Gasteiger partial charge is 0.321 e. The average molecular weight is 255 g/mol. The largest absolute Gasteiger partial charge is 0.480 e. The van der Waals surface area contributed by atoms with Crippen LogP contribution in [0.2, 0.25) is 0 Å². The van der Waals surface area contributed by atoms with Gasteiger partial charge in [0.2, 0.25) is 0 Å². The van der Waals surface area contributed by atoms with E-state index in [4.69, 9.17) is 26.0 Å². The van der Waals surface area contributed by atoms with E-state index in [1.165, 1.54) is 0 Å². The number of aliphatic carboxylic acids is 1. The van der Waals surface area contributed by atoms with Crippen molar-refractivity contribution in [2.45, 2.75) is 33.2 Å². The van der Waals surface area contributed by atoms with E-state index in [-0.39, 0.29) is 0 Å². The summed E-state index contributed by atoms with van der Waals surface area (Å²) in [5.41, 5.74) is 0. The fourth-order valence-corrected chi connectivity index (χ4v) is 3.56. The fraction of sp³-hybridized carbons (Fsp3) is 0.875. The summed E-state index contributed by atoms with van der Waals surface area (Å²) < 4.78 is 10.6. The first-order valence-corrected chi connectivity index (χ1v) is 7.52. The Kier molecular flexibility index (Phi) is 7.30. The maximum atomic E-state index is 10.8. The van der Waals surface area contributed by atoms with Crippen LogP contribution in [-0.4, -0.2) is 30.3 Å². The van der Waals surface area contributed by atoms with Gasteiger partial charge in [0.15, 0.2) is 0 Å². The lowest BCUT2D eigenvalue weighted by atomic mass is 10.2. The molecule has 0 aliphatic carbocycles. The molecule has 0 aliphatic heterocycles. The molecule has 0 radical (unpaired) electrons. The van der Waals surface area contributed by atoms with Crippen LogP contribution in [0.15, 0.2) is 0 Å². The van der Waals surface area contributed by atoms with E-state index in [2.05, 4.69) is 5.09 Å². The minimum absolute atomic E-state index is 0.403. The maximum Gasteiger partial charge on any atom is 0.321 e. The first-order valence-electron chi connectivity index (χ1n) is 4.88. The summed E-state index contributed by atoms with van der Waals surface area (Å²) in [6.45, 7) is 3.52. The first kappa shape index (κ1) is 15.0. The van der Waals surface area contributed by atoms with E-state index in [9.17, 15) is 4.79 Å². The van der Waals surface area contributed by atoms with Gasteiger partial charge in [0.25, 0.3) is 6.64 Å². The van der Waals surface area contributed by atoms with Crippen LogP contribution in [0.25, 0.3) is 0 Å². The number of rotatable bonds is 8. The molecule has 0 spiro atoms. The normalized spacial score (nSPS) is 13.8. The summed E-state index contributed by atoms with van der Waals surface area (Å²) in [6, 6.07) is -0.714. The minimum atomic E-state index is -2.64. The van der Waals surface area contributed by atoms with Crippen molar-refractivity contribution in [2.75, 3.05) is 13.2 Å². The van der Waals surface area contributed by atoms with Crippen LogP contribution in [-0.2, 0) is 25.6 Å². The van der Waals surface area contributed by atoms with Gasteiger partial charge in [-0.2, -0.15) is 0 Å². The zero-order valence-corrected chi connectivity index (χ0v) is 10.9. The van der Waals surface area contributed by atoms with Crippen molar-refractivity contribution >= 4 is 24.4 Å². The summed E-state index contributed by atoms with van der Waals surface area (Å²) in [7, 11) is 0. The molecule has 0 fully saturated rings. The van der Waals surface area contributed by atoms with Gasteiger partial charge in [0, 0.05) is 0 Å². The van der Waals surface area contributed by atoms with Gasteiger partial charge in [-0.3, -0.25) is 4.79 Å². The molecule has 0 aromatic heterocycles. The molecule has 0 bridgehead atoms. The summed E-state index contributed by atoms with van der Waals surface area (Å²) in [4.78, 5) is 10.8. The van der Waals surface area contributed by atoms with Gasteiger partial charge in [0.1, 0.15) is 6.04 Å². The first-order chi connectivity index (χ1) is 6.99. The molecule has 0 saturated carbocycles. The van der Waals surface area contributed by atoms with E-state index in [1.54, 1.807) is 20.8 Å². The predicted molar refractivity (Wildman–Crippen MR) is 62.4 cm³/mol. The van der Waals surface area contributed by atoms with E-state index >= 15 is 0 Å². The van der Waals surface area contributed by atoms with Crippen LogP contribution in [0.4, 0.5) is 0 Å².